The number of hydrogen-bond acceptors (Lipinski definition) is 6. The van der Waals surface area contributed by atoms with Gasteiger partial charge in [-0.25, -0.2) is 19.6 Å². The average molecular weight is 250 g/mol. The van der Waals surface area contributed by atoms with Crippen LogP contribution in [0.5, 0.6) is 0 Å². The highest BCUT2D eigenvalue weighted by atomic mass is 32.2. The minimum atomic E-state index is 0.298. The molecule has 2 rings (SSSR count). The standard InChI is InChI=1S/C10H14N6S/c1-7(2)16-8(14-6-15-16)5-17-10-9(11)12-3-4-13-10/h3-4,6-7H,5H2,1-2H3,(H2,11,12). The molecule has 0 aromatic carbocycles. The van der Waals surface area contributed by atoms with E-state index in [0.29, 0.717) is 17.6 Å². The summed E-state index contributed by atoms with van der Waals surface area (Å²) in [6, 6.07) is 0.298. The lowest BCUT2D eigenvalue weighted by Gasteiger charge is -2.08. The molecule has 17 heavy (non-hydrogen) atoms. The van der Waals surface area contributed by atoms with E-state index in [1.165, 1.54) is 11.8 Å². The summed E-state index contributed by atoms with van der Waals surface area (Å²) >= 11 is 1.51. The Morgan fingerprint density at radius 1 is 1.29 bits per heavy atom. The Morgan fingerprint density at radius 3 is 2.76 bits per heavy atom. The Labute approximate surface area is 104 Å². The van der Waals surface area contributed by atoms with Crippen molar-refractivity contribution in [2.45, 2.75) is 30.7 Å². The van der Waals surface area contributed by atoms with Crippen LogP contribution in [0.3, 0.4) is 0 Å². The highest BCUT2D eigenvalue weighted by Crippen LogP contribution is 2.23. The molecule has 0 fully saturated rings. The van der Waals surface area contributed by atoms with Crippen LogP contribution in [0.15, 0.2) is 23.7 Å². The predicted molar refractivity (Wildman–Crippen MR) is 66.4 cm³/mol. The van der Waals surface area contributed by atoms with Crippen LogP contribution in [0, 0.1) is 0 Å². The van der Waals surface area contributed by atoms with Gasteiger partial charge in [-0.15, -0.1) is 0 Å². The fourth-order valence-corrected chi connectivity index (χ4v) is 2.20. The van der Waals surface area contributed by atoms with E-state index in [1.807, 2.05) is 4.68 Å². The molecule has 0 aliphatic carbocycles. The van der Waals surface area contributed by atoms with Gasteiger partial charge < -0.3 is 5.73 Å². The lowest BCUT2D eigenvalue weighted by atomic mass is 10.4. The van der Waals surface area contributed by atoms with Crippen molar-refractivity contribution in [1.82, 2.24) is 24.7 Å². The van der Waals surface area contributed by atoms with E-state index in [4.69, 9.17) is 5.73 Å². The Bertz CT molecular complexity index is 495. The Hall–Kier alpha value is -1.63. The maximum absolute atomic E-state index is 5.72. The van der Waals surface area contributed by atoms with Gasteiger partial charge >= 0.3 is 0 Å². The zero-order valence-corrected chi connectivity index (χ0v) is 10.6. The number of nitrogens with zero attached hydrogens (tertiary/aromatic N) is 5. The molecule has 2 aromatic rings. The van der Waals surface area contributed by atoms with Crippen molar-refractivity contribution in [3.05, 3.63) is 24.5 Å². The van der Waals surface area contributed by atoms with Gasteiger partial charge in [0.05, 0.1) is 5.75 Å². The minimum Gasteiger partial charge on any atom is -0.381 e. The Morgan fingerprint density at radius 2 is 2.06 bits per heavy atom. The Balaban J connectivity index is 2.08. The first-order chi connectivity index (χ1) is 8.18. The molecule has 0 radical (unpaired) electrons. The lowest BCUT2D eigenvalue weighted by Crippen LogP contribution is -2.07. The van der Waals surface area contributed by atoms with Crippen LogP contribution in [0.1, 0.15) is 25.7 Å². The summed E-state index contributed by atoms with van der Waals surface area (Å²) in [5.41, 5.74) is 5.72. The molecule has 0 atom stereocenters. The normalized spacial score (nSPS) is 11.0. The van der Waals surface area contributed by atoms with Crippen molar-refractivity contribution in [2.24, 2.45) is 0 Å². The third-order valence-electron chi connectivity index (χ3n) is 2.17. The summed E-state index contributed by atoms with van der Waals surface area (Å²) in [6.45, 7) is 4.14. The summed E-state index contributed by atoms with van der Waals surface area (Å²) in [4.78, 5) is 12.4. The molecule has 0 saturated heterocycles. The quantitative estimate of drug-likeness (QED) is 0.828. The van der Waals surface area contributed by atoms with Gasteiger partial charge in [-0.05, 0) is 13.8 Å². The van der Waals surface area contributed by atoms with Crippen LogP contribution < -0.4 is 5.73 Å². The van der Waals surface area contributed by atoms with E-state index in [2.05, 4.69) is 33.9 Å². The van der Waals surface area contributed by atoms with Crippen molar-refractivity contribution in [2.75, 3.05) is 5.73 Å². The molecular weight excluding hydrogens is 236 g/mol. The zero-order chi connectivity index (χ0) is 12.3. The topological polar surface area (TPSA) is 82.5 Å². The molecule has 0 aliphatic rings. The fraction of sp³-hybridized carbons (Fsp3) is 0.400. The largest absolute Gasteiger partial charge is 0.381 e. The maximum Gasteiger partial charge on any atom is 0.156 e. The van der Waals surface area contributed by atoms with Crippen LogP contribution in [0.2, 0.25) is 0 Å². The third-order valence-corrected chi connectivity index (χ3v) is 3.16. The molecule has 2 aromatic heterocycles. The average Bonchev–Trinajstić information content (AvgIpc) is 2.76. The van der Waals surface area contributed by atoms with Crippen LogP contribution in [-0.4, -0.2) is 24.7 Å². The van der Waals surface area contributed by atoms with E-state index in [-0.39, 0.29) is 0 Å². The number of nitrogen functional groups attached to an aromatic ring is 1. The second-order valence-corrected chi connectivity index (χ2v) is 4.71. The number of hydrogen-bond donors (Lipinski definition) is 1. The van der Waals surface area contributed by atoms with Crippen molar-refractivity contribution in [3.8, 4) is 0 Å². The smallest absolute Gasteiger partial charge is 0.156 e. The van der Waals surface area contributed by atoms with Gasteiger partial charge in [0.15, 0.2) is 5.82 Å². The van der Waals surface area contributed by atoms with Crippen molar-refractivity contribution in [3.63, 3.8) is 0 Å². The molecule has 90 valence electrons. The van der Waals surface area contributed by atoms with Gasteiger partial charge in [-0.2, -0.15) is 5.10 Å². The second-order valence-electron chi connectivity index (χ2n) is 3.75. The van der Waals surface area contributed by atoms with E-state index in [0.717, 1.165) is 10.9 Å². The lowest BCUT2D eigenvalue weighted by molar-refractivity contribution is 0.514. The highest BCUT2D eigenvalue weighted by Gasteiger charge is 2.09. The van der Waals surface area contributed by atoms with E-state index >= 15 is 0 Å². The molecule has 0 aliphatic heterocycles. The molecule has 2 N–H and O–H groups in total. The van der Waals surface area contributed by atoms with Crippen molar-refractivity contribution in [1.29, 1.82) is 0 Å². The van der Waals surface area contributed by atoms with Crippen LogP contribution in [0.4, 0.5) is 5.82 Å². The number of anilines is 1. The number of aromatic nitrogens is 5. The monoisotopic (exact) mass is 250 g/mol. The van der Waals surface area contributed by atoms with E-state index in [9.17, 15) is 0 Å². The summed E-state index contributed by atoms with van der Waals surface area (Å²) in [6.07, 6.45) is 4.78. The number of thioether (sulfide) groups is 1. The molecule has 0 bridgehead atoms. The van der Waals surface area contributed by atoms with Crippen molar-refractivity contribution >= 4 is 17.6 Å². The molecule has 7 heteroatoms. The first kappa shape index (κ1) is 11.8. The molecule has 6 nitrogen and oxygen atoms in total. The highest BCUT2D eigenvalue weighted by molar-refractivity contribution is 7.98. The van der Waals surface area contributed by atoms with Gasteiger partial charge in [-0.1, -0.05) is 11.8 Å². The van der Waals surface area contributed by atoms with Gasteiger partial charge in [0.1, 0.15) is 17.2 Å². The molecule has 0 unspecified atom stereocenters. The fourth-order valence-electron chi connectivity index (χ4n) is 1.39. The summed E-state index contributed by atoms with van der Waals surface area (Å²) in [7, 11) is 0. The first-order valence-electron chi connectivity index (χ1n) is 5.26. The molecule has 0 saturated carbocycles. The SMILES string of the molecule is CC(C)n1ncnc1CSc1nccnc1N. The predicted octanol–water partition coefficient (Wildman–Crippen LogP) is 1.52. The van der Waals surface area contributed by atoms with E-state index < -0.39 is 0 Å². The van der Waals surface area contributed by atoms with Crippen LogP contribution in [0.25, 0.3) is 0 Å². The first-order valence-corrected chi connectivity index (χ1v) is 6.24. The Kier molecular flexibility index (Phi) is 3.58. The molecule has 0 amide bonds. The van der Waals surface area contributed by atoms with Crippen LogP contribution >= 0.6 is 11.8 Å². The number of rotatable bonds is 4. The third kappa shape index (κ3) is 2.73. The molecular formula is C10H14N6S. The molecule has 0 spiro atoms. The summed E-state index contributed by atoms with van der Waals surface area (Å²) in [5.74, 6) is 2.05. The van der Waals surface area contributed by atoms with E-state index in [1.54, 1.807) is 18.7 Å². The number of nitrogens with two attached hydrogens (primary N) is 1. The maximum atomic E-state index is 5.72. The van der Waals surface area contributed by atoms with Gasteiger partial charge in [0.25, 0.3) is 0 Å². The summed E-state index contributed by atoms with van der Waals surface area (Å²) in [5, 5.41) is 4.90. The second kappa shape index (κ2) is 5.13. The molecule has 2 heterocycles. The van der Waals surface area contributed by atoms with Crippen molar-refractivity contribution < 1.29 is 0 Å². The minimum absolute atomic E-state index is 0.298. The summed E-state index contributed by atoms with van der Waals surface area (Å²) < 4.78 is 1.89. The van der Waals surface area contributed by atoms with Crippen LogP contribution in [-0.2, 0) is 5.75 Å². The van der Waals surface area contributed by atoms with Gasteiger partial charge in [0.2, 0.25) is 0 Å². The zero-order valence-electron chi connectivity index (χ0n) is 9.74. The van der Waals surface area contributed by atoms with Gasteiger partial charge in [-0.3, -0.25) is 0 Å². The van der Waals surface area contributed by atoms with Gasteiger partial charge in [0, 0.05) is 18.4 Å².